The van der Waals surface area contributed by atoms with Crippen LogP contribution in [0.1, 0.15) is 50.0 Å². The maximum atomic E-state index is 12.8. The van der Waals surface area contributed by atoms with Gasteiger partial charge in [0.15, 0.2) is 5.76 Å². The summed E-state index contributed by atoms with van der Waals surface area (Å²) in [5.74, 6) is 0.721. The van der Waals surface area contributed by atoms with E-state index in [0.717, 1.165) is 23.3 Å². The molecule has 1 aliphatic rings. The number of H-pyrrole nitrogens is 1. The smallest absolute Gasteiger partial charge is 0.290 e. The van der Waals surface area contributed by atoms with Crippen molar-refractivity contribution in [1.82, 2.24) is 14.9 Å². The Hall–Kier alpha value is -3.09. The first-order chi connectivity index (χ1) is 13.3. The van der Waals surface area contributed by atoms with Crippen LogP contribution in [0.5, 0.6) is 0 Å². The molecule has 2 aromatic heterocycles. The van der Waals surface area contributed by atoms with E-state index in [1.165, 1.54) is 6.26 Å². The molecule has 7 nitrogen and oxygen atoms in total. The highest BCUT2D eigenvalue weighted by Gasteiger charge is 2.35. The van der Waals surface area contributed by atoms with E-state index < -0.39 is 6.04 Å². The number of nitrogens with zero attached hydrogens (tertiary/aromatic N) is 2. The van der Waals surface area contributed by atoms with E-state index in [2.05, 4.69) is 36.1 Å². The van der Waals surface area contributed by atoms with E-state index in [9.17, 15) is 9.59 Å². The third-order valence-electron chi connectivity index (χ3n) is 5.01. The van der Waals surface area contributed by atoms with Crippen LogP contribution in [0.25, 0.3) is 11.0 Å². The van der Waals surface area contributed by atoms with Crippen LogP contribution in [-0.4, -0.2) is 39.3 Å². The van der Waals surface area contributed by atoms with Crippen molar-refractivity contribution >= 4 is 28.5 Å². The number of carbonyl (C=O) groups is 2. The fourth-order valence-corrected chi connectivity index (χ4v) is 3.49. The van der Waals surface area contributed by atoms with Crippen molar-refractivity contribution in [3.8, 4) is 0 Å². The maximum Gasteiger partial charge on any atom is 0.290 e. The first-order valence-electron chi connectivity index (χ1n) is 9.48. The molecule has 1 unspecified atom stereocenters. The van der Waals surface area contributed by atoms with Gasteiger partial charge in [-0.1, -0.05) is 20.8 Å². The van der Waals surface area contributed by atoms with Gasteiger partial charge in [0, 0.05) is 17.6 Å². The highest BCUT2D eigenvalue weighted by Crippen LogP contribution is 2.26. The number of furan rings is 1. The number of aromatic amines is 1. The Morgan fingerprint density at radius 2 is 2.11 bits per heavy atom. The molecule has 3 aromatic rings. The molecule has 0 bridgehead atoms. The number of likely N-dealkylation sites (tertiary alicyclic amines) is 1. The Morgan fingerprint density at radius 1 is 1.29 bits per heavy atom. The Morgan fingerprint density at radius 3 is 2.82 bits per heavy atom. The summed E-state index contributed by atoms with van der Waals surface area (Å²) in [6.45, 7) is 6.83. The van der Waals surface area contributed by atoms with Crippen LogP contribution in [0.3, 0.4) is 0 Å². The molecule has 0 aliphatic carbocycles. The van der Waals surface area contributed by atoms with Gasteiger partial charge in [-0.15, -0.1) is 0 Å². The highest BCUT2D eigenvalue weighted by molar-refractivity contribution is 6.01. The topological polar surface area (TPSA) is 91.2 Å². The molecule has 1 fully saturated rings. The number of hydrogen-bond donors (Lipinski definition) is 2. The van der Waals surface area contributed by atoms with Gasteiger partial charge in [-0.05, 0) is 43.2 Å². The summed E-state index contributed by atoms with van der Waals surface area (Å²) in [6, 6.07) is 8.39. The first kappa shape index (κ1) is 18.3. The average molecular weight is 380 g/mol. The Kier molecular flexibility index (Phi) is 4.45. The minimum absolute atomic E-state index is 0.0843. The van der Waals surface area contributed by atoms with Gasteiger partial charge in [0.1, 0.15) is 11.9 Å². The number of nitrogens with one attached hydrogen (secondary N) is 2. The van der Waals surface area contributed by atoms with Crippen molar-refractivity contribution < 1.29 is 14.0 Å². The molecule has 1 atom stereocenters. The van der Waals surface area contributed by atoms with Gasteiger partial charge in [-0.25, -0.2) is 4.98 Å². The number of hydrogen-bond acceptors (Lipinski definition) is 4. The molecule has 3 heterocycles. The predicted molar refractivity (Wildman–Crippen MR) is 106 cm³/mol. The molecule has 1 saturated heterocycles. The molecular weight excluding hydrogens is 356 g/mol. The van der Waals surface area contributed by atoms with Crippen molar-refractivity contribution in [3.63, 3.8) is 0 Å². The number of fused-ring (bicyclic) bond motifs is 1. The molecule has 1 aromatic carbocycles. The van der Waals surface area contributed by atoms with Crippen LogP contribution in [0.4, 0.5) is 5.69 Å². The van der Waals surface area contributed by atoms with E-state index in [-0.39, 0.29) is 23.0 Å². The maximum absolute atomic E-state index is 12.8. The zero-order valence-electron chi connectivity index (χ0n) is 16.3. The Bertz CT molecular complexity index is 1010. The number of carbonyl (C=O) groups excluding carboxylic acids is 2. The molecule has 28 heavy (non-hydrogen) atoms. The van der Waals surface area contributed by atoms with Gasteiger partial charge in [-0.3, -0.25) is 9.59 Å². The monoisotopic (exact) mass is 380 g/mol. The van der Waals surface area contributed by atoms with Crippen molar-refractivity contribution in [2.24, 2.45) is 0 Å². The van der Waals surface area contributed by atoms with Crippen LogP contribution in [-0.2, 0) is 10.2 Å². The number of rotatable bonds is 3. The molecule has 0 saturated carbocycles. The van der Waals surface area contributed by atoms with Gasteiger partial charge >= 0.3 is 0 Å². The van der Waals surface area contributed by atoms with Crippen molar-refractivity contribution in [3.05, 3.63) is 48.2 Å². The summed E-state index contributed by atoms with van der Waals surface area (Å²) in [4.78, 5) is 34.9. The fourth-order valence-electron chi connectivity index (χ4n) is 3.49. The van der Waals surface area contributed by atoms with Crippen LogP contribution in [0.2, 0.25) is 0 Å². The molecule has 146 valence electrons. The molecule has 0 radical (unpaired) electrons. The van der Waals surface area contributed by atoms with Crippen molar-refractivity contribution in [2.75, 3.05) is 11.9 Å². The lowest BCUT2D eigenvalue weighted by molar-refractivity contribution is -0.119. The minimum Gasteiger partial charge on any atom is -0.459 e. The normalized spacial score (nSPS) is 17.2. The van der Waals surface area contributed by atoms with Crippen LogP contribution in [0.15, 0.2) is 41.0 Å². The Labute approximate surface area is 163 Å². The van der Waals surface area contributed by atoms with Gasteiger partial charge in [0.25, 0.3) is 5.91 Å². The lowest BCUT2D eigenvalue weighted by Crippen LogP contribution is -2.43. The summed E-state index contributed by atoms with van der Waals surface area (Å²) in [6.07, 6.45) is 2.89. The summed E-state index contributed by atoms with van der Waals surface area (Å²) < 4.78 is 5.20. The second-order valence-corrected chi connectivity index (χ2v) is 8.19. The molecule has 4 rings (SSSR count). The van der Waals surface area contributed by atoms with Gasteiger partial charge in [-0.2, -0.15) is 0 Å². The minimum atomic E-state index is -0.500. The molecular formula is C21H24N4O3. The van der Waals surface area contributed by atoms with E-state index in [4.69, 9.17) is 4.42 Å². The second-order valence-electron chi connectivity index (χ2n) is 8.19. The van der Waals surface area contributed by atoms with Gasteiger partial charge in [0.05, 0.1) is 17.3 Å². The van der Waals surface area contributed by atoms with Crippen molar-refractivity contribution in [2.45, 2.75) is 45.1 Å². The summed E-state index contributed by atoms with van der Waals surface area (Å²) >= 11 is 0. The van der Waals surface area contributed by atoms with E-state index in [1.807, 2.05) is 18.2 Å². The van der Waals surface area contributed by atoms with E-state index in [1.54, 1.807) is 17.0 Å². The number of anilines is 1. The zero-order valence-corrected chi connectivity index (χ0v) is 16.3. The third kappa shape index (κ3) is 3.40. The van der Waals surface area contributed by atoms with E-state index >= 15 is 0 Å². The van der Waals surface area contributed by atoms with Crippen LogP contribution in [0, 0.1) is 0 Å². The lowest BCUT2D eigenvalue weighted by atomic mass is 9.96. The highest BCUT2D eigenvalue weighted by atomic mass is 16.3. The van der Waals surface area contributed by atoms with Gasteiger partial charge in [0.2, 0.25) is 5.91 Å². The lowest BCUT2D eigenvalue weighted by Gasteiger charge is -2.23. The molecule has 7 heteroatoms. The van der Waals surface area contributed by atoms with Gasteiger partial charge < -0.3 is 19.6 Å². The third-order valence-corrected chi connectivity index (χ3v) is 5.01. The standard InChI is InChI=1S/C21H24N4O3/c1-21(2,3)20-23-14-9-8-13(12-15(14)24-20)22-18(26)16-6-4-10-25(16)19(27)17-7-5-11-28-17/h5,7-9,11-12,16H,4,6,10H2,1-3H3,(H,22,26)(H,23,24). The SMILES string of the molecule is CC(C)(C)c1nc2ccc(NC(=O)C3CCCN3C(=O)c3ccco3)cc2[nH]1. The van der Waals surface area contributed by atoms with E-state index in [0.29, 0.717) is 18.7 Å². The zero-order chi connectivity index (χ0) is 19.9. The number of amides is 2. The van der Waals surface area contributed by atoms with Crippen LogP contribution < -0.4 is 5.32 Å². The first-order valence-corrected chi connectivity index (χ1v) is 9.48. The van der Waals surface area contributed by atoms with Crippen LogP contribution >= 0.6 is 0 Å². The fraction of sp³-hybridized carbons (Fsp3) is 0.381. The predicted octanol–water partition coefficient (Wildman–Crippen LogP) is 3.70. The molecule has 1 aliphatic heterocycles. The summed E-state index contributed by atoms with van der Waals surface area (Å²) in [5.41, 5.74) is 2.33. The number of imidazole rings is 1. The second kappa shape index (κ2) is 6.82. The summed E-state index contributed by atoms with van der Waals surface area (Å²) in [7, 11) is 0. The summed E-state index contributed by atoms with van der Waals surface area (Å²) in [5, 5.41) is 2.94. The molecule has 2 N–H and O–H groups in total. The molecule has 2 amide bonds. The molecule has 0 spiro atoms. The quantitative estimate of drug-likeness (QED) is 0.725. The van der Waals surface area contributed by atoms with Crippen molar-refractivity contribution in [1.29, 1.82) is 0 Å². The largest absolute Gasteiger partial charge is 0.459 e. The number of benzene rings is 1. The number of aromatic nitrogens is 2. The average Bonchev–Trinajstić information content (AvgIpc) is 3.38. The Balaban J connectivity index is 1.52.